The van der Waals surface area contributed by atoms with E-state index in [9.17, 15) is 0 Å². The fourth-order valence-corrected chi connectivity index (χ4v) is 3.36. The number of fused-ring (bicyclic) bond motifs is 1. The first-order valence-electron chi connectivity index (χ1n) is 9.10. The summed E-state index contributed by atoms with van der Waals surface area (Å²) in [6, 6.07) is 30.3. The molecule has 0 spiro atoms. The van der Waals surface area contributed by atoms with Gasteiger partial charge in [0.2, 0.25) is 5.71 Å². The number of anilines is 2. The molecule has 2 heterocycles. The maximum absolute atomic E-state index is 6.23. The normalized spacial score (nSPS) is 10.9. The number of furan rings is 1. The summed E-state index contributed by atoms with van der Waals surface area (Å²) in [4.78, 5) is 8.91. The molecule has 0 bridgehead atoms. The third-order valence-electron chi connectivity index (χ3n) is 4.62. The van der Waals surface area contributed by atoms with Crippen LogP contribution in [-0.2, 0) is 0 Å². The highest BCUT2D eigenvalue weighted by Gasteiger charge is 2.21. The van der Waals surface area contributed by atoms with Crippen molar-refractivity contribution < 1.29 is 4.42 Å². The van der Waals surface area contributed by atoms with Crippen LogP contribution in [0.1, 0.15) is 0 Å². The molecule has 0 aliphatic heterocycles. The summed E-state index contributed by atoms with van der Waals surface area (Å²) in [7, 11) is 0. The maximum Gasteiger partial charge on any atom is 0.232 e. The van der Waals surface area contributed by atoms with Crippen molar-refractivity contribution >= 4 is 22.6 Å². The van der Waals surface area contributed by atoms with Crippen molar-refractivity contribution in [1.82, 2.24) is 9.97 Å². The van der Waals surface area contributed by atoms with Gasteiger partial charge in [-0.3, -0.25) is 0 Å². The second-order valence-electron chi connectivity index (χ2n) is 6.43. The van der Waals surface area contributed by atoms with Crippen LogP contribution in [0, 0.1) is 0 Å². The van der Waals surface area contributed by atoms with Crippen molar-refractivity contribution in [3.05, 3.63) is 97.3 Å². The molecule has 5 aromatic rings. The van der Waals surface area contributed by atoms with E-state index in [0.29, 0.717) is 5.71 Å². The van der Waals surface area contributed by atoms with Crippen LogP contribution in [0.15, 0.2) is 102 Å². The lowest BCUT2D eigenvalue weighted by molar-refractivity contribution is 0.618. The Balaban J connectivity index is 1.78. The first-order valence-corrected chi connectivity index (χ1v) is 9.10. The molecule has 0 unspecified atom stereocenters. The molecule has 4 heteroatoms. The minimum atomic E-state index is 0.561. The fraction of sp³-hybridized carbons (Fsp3) is 0. The highest BCUT2D eigenvalue weighted by atomic mass is 16.3. The van der Waals surface area contributed by atoms with Crippen molar-refractivity contribution in [3.8, 4) is 22.5 Å². The van der Waals surface area contributed by atoms with E-state index in [1.54, 1.807) is 0 Å². The molecule has 0 saturated heterocycles. The minimum absolute atomic E-state index is 0.561. The smallest absolute Gasteiger partial charge is 0.232 e. The molecule has 0 atom stereocenters. The Morgan fingerprint density at radius 2 is 1.25 bits per heavy atom. The number of nitrogens with zero attached hydrogens (tertiary/aromatic N) is 2. The van der Waals surface area contributed by atoms with E-state index in [0.717, 1.165) is 39.3 Å². The standard InChI is InChI=1S/C24H17N3O/c1-4-10-17(11-5-1)20-21-23(27-19-14-8-3-9-15-19)25-16-26-24(21)28-22(20)18-12-6-2-7-13-18/h1-16H,(H,25,26,27). The second-order valence-corrected chi connectivity index (χ2v) is 6.43. The molecule has 1 N–H and O–H groups in total. The van der Waals surface area contributed by atoms with Crippen molar-refractivity contribution in [2.24, 2.45) is 0 Å². The van der Waals surface area contributed by atoms with Gasteiger partial charge in [-0.1, -0.05) is 78.9 Å². The molecule has 2 aromatic heterocycles. The van der Waals surface area contributed by atoms with Gasteiger partial charge in [0.25, 0.3) is 0 Å². The number of benzene rings is 3. The Labute approximate surface area is 162 Å². The number of rotatable bonds is 4. The van der Waals surface area contributed by atoms with Gasteiger partial charge >= 0.3 is 0 Å². The summed E-state index contributed by atoms with van der Waals surface area (Å²) < 4.78 is 6.23. The summed E-state index contributed by atoms with van der Waals surface area (Å²) in [6.07, 6.45) is 1.53. The Kier molecular flexibility index (Phi) is 4.07. The number of hydrogen-bond acceptors (Lipinski definition) is 4. The third kappa shape index (κ3) is 2.91. The molecule has 5 rings (SSSR count). The van der Waals surface area contributed by atoms with Gasteiger partial charge in [0.05, 0.1) is 5.39 Å². The van der Waals surface area contributed by atoms with Gasteiger partial charge in [-0.2, -0.15) is 0 Å². The second kappa shape index (κ2) is 7.00. The zero-order chi connectivity index (χ0) is 18.8. The van der Waals surface area contributed by atoms with Crippen LogP contribution in [0.3, 0.4) is 0 Å². The van der Waals surface area contributed by atoms with Gasteiger partial charge in [-0.25, -0.2) is 9.97 Å². The van der Waals surface area contributed by atoms with Crippen LogP contribution in [-0.4, -0.2) is 9.97 Å². The predicted molar refractivity (Wildman–Crippen MR) is 112 cm³/mol. The molecule has 0 amide bonds. The quantitative estimate of drug-likeness (QED) is 0.407. The third-order valence-corrected chi connectivity index (χ3v) is 4.62. The zero-order valence-electron chi connectivity index (χ0n) is 15.0. The molecule has 3 aromatic carbocycles. The van der Waals surface area contributed by atoms with Crippen LogP contribution in [0.25, 0.3) is 33.6 Å². The summed E-state index contributed by atoms with van der Waals surface area (Å²) in [6.45, 7) is 0. The molecule has 0 saturated carbocycles. The summed E-state index contributed by atoms with van der Waals surface area (Å²) >= 11 is 0. The van der Waals surface area contributed by atoms with E-state index in [-0.39, 0.29) is 0 Å². The highest BCUT2D eigenvalue weighted by Crippen LogP contribution is 2.42. The van der Waals surface area contributed by atoms with Crippen LogP contribution in [0.2, 0.25) is 0 Å². The van der Waals surface area contributed by atoms with Crippen LogP contribution < -0.4 is 5.32 Å². The summed E-state index contributed by atoms with van der Waals surface area (Å²) in [5.41, 5.74) is 4.58. The molecule has 28 heavy (non-hydrogen) atoms. The van der Waals surface area contributed by atoms with E-state index >= 15 is 0 Å². The van der Waals surface area contributed by atoms with E-state index in [1.165, 1.54) is 6.33 Å². The van der Waals surface area contributed by atoms with E-state index in [4.69, 9.17) is 4.42 Å². The van der Waals surface area contributed by atoms with E-state index in [2.05, 4.69) is 27.4 Å². The topological polar surface area (TPSA) is 51.0 Å². The zero-order valence-corrected chi connectivity index (χ0v) is 15.0. The molecular formula is C24H17N3O. The summed E-state index contributed by atoms with van der Waals surface area (Å²) in [5.74, 6) is 1.51. The molecule has 134 valence electrons. The molecular weight excluding hydrogens is 346 g/mol. The molecule has 0 aliphatic rings. The molecule has 0 aliphatic carbocycles. The predicted octanol–water partition coefficient (Wildman–Crippen LogP) is 6.30. The largest absolute Gasteiger partial charge is 0.437 e. The van der Waals surface area contributed by atoms with Gasteiger partial charge in [0.15, 0.2) is 0 Å². The Bertz CT molecular complexity index is 1220. The fourth-order valence-electron chi connectivity index (χ4n) is 3.36. The lowest BCUT2D eigenvalue weighted by atomic mass is 9.99. The van der Waals surface area contributed by atoms with Crippen molar-refractivity contribution in [1.29, 1.82) is 0 Å². The first kappa shape index (κ1) is 16.3. The van der Waals surface area contributed by atoms with Gasteiger partial charge in [-0.15, -0.1) is 0 Å². The Morgan fingerprint density at radius 3 is 1.93 bits per heavy atom. The lowest BCUT2D eigenvalue weighted by Crippen LogP contribution is -1.95. The monoisotopic (exact) mass is 363 g/mol. The van der Waals surface area contributed by atoms with E-state index in [1.807, 2.05) is 78.9 Å². The van der Waals surface area contributed by atoms with Gasteiger partial charge in [0.1, 0.15) is 17.9 Å². The highest BCUT2D eigenvalue weighted by molar-refractivity contribution is 6.06. The van der Waals surface area contributed by atoms with Crippen molar-refractivity contribution in [2.75, 3.05) is 5.32 Å². The number of hydrogen-bond donors (Lipinski definition) is 1. The Morgan fingerprint density at radius 1 is 0.643 bits per heavy atom. The average Bonchev–Trinajstić information content (AvgIpc) is 3.16. The SMILES string of the molecule is c1ccc(Nc2ncnc3oc(-c4ccccc4)c(-c4ccccc4)c23)cc1. The van der Waals surface area contributed by atoms with Crippen LogP contribution in [0.5, 0.6) is 0 Å². The lowest BCUT2D eigenvalue weighted by Gasteiger charge is -2.08. The number of nitrogens with one attached hydrogen (secondary N) is 1. The van der Waals surface area contributed by atoms with Crippen molar-refractivity contribution in [3.63, 3.8) is 0 Å². The molecule has 0 radical (unpaired) electrons. The number of para-hydroxylation sites is 1. The Hall–Kier alpha value is -3.92. The summed E-state index contributed by atoms with van der Waals surface area (Å²) in [5, 5.41) is 4.28. The van der Waals surface area contributed by atoms with Crippen LogP contribution >= 0.6 is 0 Å². The van der Waals surface area contributed by atoms with Crippen LogP contribution in [0.4, 0.5) is 11.5 Å². The average molecular weight is 363 g/mol. The van der Waals surface area contributed by atoms with Crippen molar-refractivity contribution in [2.45, 2.75) is 0 Å². The van der Waals surface area contributed by atoms with Gasteiger partial charge in [0, 0.05) is 16.8 Å². The molecule has 0 fully saturated rings. The van der Waals surface area contributed by atoms with E-state index < -0.39 is 0 Å². The van der Waals surface area contributed by atoms with Gasteiger partial charge < -0.3 is 9.73 Å². The van der Waals surface area contributed by atoms with Gasteiger partial charge in [-0.05, 0) is 17.7 Å². The maximum atomic E-state index is 6.23. The molecule has 4 nitrogen and oxygen atoms in total. The number of aromatic nitrogens is 2. The first-order chi connectivity index (χ1) is 13.9. The minimum Gasteiger partial charge on any atom is -0.437 e.